The normalized spacial score (nSPS) is 16.0. The zero-order valence-electron chi connectivity index (χ0n) is 16.1. The molecule has 0 fully saturated rings. The van der Waals surface area contributed by atoms with Crippen molar-refractivity contribution in [2.45, 2.75) is 53.4 Å². The minimum Gasteiger partial charge on any atom is -0.300 e. The molecule has 0 saturated carbocycles. The van der Waals surface area contributed by atoms with Gasteiger partial charge in [0.1, 0.15) is 5.78 Å². The van der Waals surface area contributed by atoms with Crippen molar-refractivity contribution in [3.63, 3.8) is 0 Å². The minimum absolute atomic E-state index is 0.0555. The third kappa shape index (κ3) is 3.12. The number of fused-ring (bicyclic) bond motifs is 1. The van der Waals surface area contributed by atoms with E-state index in [1.165, 1.54) is 0 Å². The van der Waals surface area contributed by atoms with Gasteiger partial charge in [0, 0.05) is 12.8 Å². The lowest BCUT2D eigenvalue weighted by Crippen LogP contribution is -2.35. The lowest BCUT2D eigenvalue weighted by molar-refractivity contribution is -0.124. The second kappa shape index (κ2) is 6.94. The average molecular weight is 350 g/mol. The first-order valence-electron chi connectivity index (χ1n) is 9.13. The highest BCUT2D eigenvalue weighted by molar-refractivity contribution is 6.09. The zero-order valence-corrected chi connectivity index (χ0v) is 16.1. The Balaban J connectivity index is 2.07. The number of anilines is 2. The summed E-state index contributed by atoms with van der Waals surface area (Å²) in [5.41, 5.74) is 10.4. The number of carbonyl (C=O) groups is 2. The smallest absolute Gasteiger partial charge is 0.253 e. The van der Waals surface area contributed by atoms with E-state index < -0.39 is 5.92 Å². The van der Waals surface area contributed by atoms with Crippen LogP contribution in [-0.2, 0) is 9.59 Å². The number of amides is 1. The summed E-state index contributed by atoms with van der Waals surface area (Å²) in [5.74, 6) is -0.348. The second-order valence-corrected chi connectivity index (χ2v) is 7.21. The summed E-state index contributed by atoms with van der Waals surface area (Å²) in [5, 5.41) is 1.65. The molecule has 0 aromatic heterocycles. The molecule has 4 nitrogen and oxygen atoms in total. The van der Waals surface area contributed by atoms with Gasteiger partial charge in [0.2, 0.25) is 0 Å². The monoisotopic (exact) mass is 350 g/mol. The van der Waals surface area contributed by atoms with Crippen molar-refractivity contribution in [1.82, 2.24) is 0 Å². The Morgan fingerprint density at radius 1 is 1.04 bits per heavy atom. The lowest BCUT2D eigenvalue weighted by atomic mass is 9.90. The largest absolute Gasteiger partial charge is 0.300 e. The van der Waals surface area contributed by atoms with E-state index in [1.807, 2.05) is 58.9 Å². The molecule has 0 saturated heterocycles. The number of Topliss-reactive ketones (excluding diaryl/α,β-unsaturated/α-hetero) is 1. The van der Waals surface area contributed by atoms with Crippen molar-refractivity contribution in [2.24, 2.45) is 0 Å². The molecule has 2 aromatic rings. The van der Waals surface area contributed by atoms with Crippen LogP contribution in [0.2, 0.25) is 0 Å². The number of hydrogen-bond acceptors (Lipinski definition) is 3. The van der Waals surface area contributed by atoms with Crippen LogP contribution in [0.15, 0.2) is 30.3 Å². The van der Waals surface area contributed by atoms with Crippen molar-refractivity contribution < 1.29 is 9.59 Å². The molecule has 136 valence electrons. The Morgan fingerprint density at radius 3 is 2.38 bits per heavy atom. The van der Waals surface area contributed by atoms with Crippen molar-refractivity contribution in [3.05, 3.63) is 58.1 Å². The number of ketones is 1. The molecule has 1 aliphatic rings. The summed E-state index contributed by atoms with van der Waals surface area (Å²) in [6, 6.07) is 10.2. The Hall–Kier alpha value is -2.62. The quantitative estimate of drug-likeness (QED) is 0.847. The van der Waals surface area contributed by atoms with E-state index in [9.17, 15) is 9.59 Å². The number of nitrogens with one attached hydrogen (secondary N) is 1. The molecule has 0 bridgehead atoms. The van der Waals surface area contributed by atoms with Crippen LogP contribution in [0.5, 0.6) is 0 Å². The van der Waals surface area contributed by atoms with Gasteiger partial charge in [-0.25, -0.2) is 5.01 Å². The Bertz CT molecular complexity index is 886. The van der Waals surface area contributed by atoms with Gasteiger partial charge in [-0.05, 0) is 61.6 Å². The van der Waals surface area contributed by atoms with Gasteiger partial charge in [0.25, 0.3) is 5.91 Å². The highest BCUT2D eigenvalue weighted by Gasteiger charge is 2.40. The Kier molecular flexibility index (Phi) is 4.86. The molecule has 3 rings (SSSR count). The summed E-state index contributed by atoms with van der Waals surface area (Å²) in [6.45, 7) is 9.91. The first-order chi connectivity index (χ1) is 12.3. The maximum Gasteiger partial charge on any atom is 0.253 e. The average Bonchev–Trinajstić information content (AvgIpc) is 2.88. The van der Waals surface area contributed by atoms with Gasteiger partial charge in [-0.1, -0.05) is 31.2 Å². The van der Waals surface area contributed by atoms with E-state index in [0.29, 0.717) is 6.42 Å². The molecule has 26 heavy (non-hydrogen) atoms. The maximum atomic E-state index is 13.2. The van der Waals surface area contributed by atoms with Crippen molar-refractivity contribution >= 4 is 23.1 Å². The number of nitrogens with zero attached hydrogens (tertiary/aromatic N) is 1. The van der Waals surface area contributed by atoms with Gasteiger partial charge in [0.05, 0.1) is 17.3 Å². The van der Waals surface area contributed by atoms with Crippen molar-refractivity contribution in [2.75, 3.05) is 10.4 Å². The molecule has 1 amide bonds. The van der Waals surface area contributed by atoms with Gasteiger partial charge >= 0.3 is 0 Å². The summed E-state index contributed by atoms with van der Waals surface area (Å²) in [4.78, 5) is 25.3. The second-order valence-electron chi connectivity index (χ2n) is 7.21. The maximum absolute atomic E-state index is 13.2. The van der Waals surface area contributed by atoms with E-state index in [4.69, 9.17) is 0 Å². The van der Waals surface area contributed by atoms with Gasteiger partial charge in [-0.15, -0.1) is 0 Å². The summed E-state index contributed by atoms with van der Waals surface area (Å²) in [6.07, 6.45) is 0.714. The molecule has 1 unspecified atom stereocenters. The van der Waals surface area contributed by atoms with Crippen molar-refractivity contribution in [3.8, 4) is 0 Å². The highest BCUT2D eigenvalue weighted by atomic mass is 16.2. The molecule has 0 aliphatic carbocycles. The summed E-state index contributed by atoms with van der Waals surface area (Å²) >= 11 is 0. The molecule has 1 aliphatic heterocycles. The first-order valence-corrected chi connectivity index (χ1v) is 9.13. The van der Waals surface area contributed by atoms with Crippen molar-refractivity contribution in [1.29, 1.82) is 0 Å². The fraction of sp³-hybridized carbons (Fsp3) is 0.364. The standard InChI is InChI=1S/C22H26N2O2/c1-6-17(25)12-18-20-15(4)9-10-16(5)21(20)24(22(18)26)23-19-11-13(2)7-8-14(19)3/h7-11,18,23H,6,12H2,1-5H3. The number of rotatable bonds is 5. The Labute approximate surface area is 155 Å². The topological polar surface area (TPSA) is 49.4 Å². The van der Waals surface area contributed by atoms with Crippen LogP contribution in [0.25, 0.3) is 0 Å². The molecule has 0 spiro atoms. The zero-order chi connectivity index (χ0) is 19.0. The number of carbonyl (C=O) groups excluding carboxylic acids is 2. The fourth-order valence-electron chi connectivity index (χ4n) is 3.59. The molecule has 1 atom stereocenters. The van der Waals surface area contributed by atoms with E-state index >= 15 is 0 Å². The molecule has 0 radical (unpaired) electrons. The van der Waals surface area contributed by atoms with Gasteiger partial charge in [0.15, 0.2) is 0 Å². The van der Waals surface area contributed by atoms with E-state index in [2.05, 4.69) is 11.5 Å². The predicted molar refractivity (Wildman–Crippen MR) is 106 cm³/mol. The van der Waals surface area contributed by atoms with Crippen LogP contribution >= 0.6 is 0 Å². The van der Waals surface area contributed by atoms with Gasteiger partial charge in [-0.2, -0.15) is 0 Å². The SMILES string of the molecule is CCC(=O)CC1C(=O)N(Nc2cc(C)ccc2C)c2c(C)ccc(C)c21. The summed E-state index contributed by atoms with van der Waals surface area (Å²) < 4.78 is 0. The summed E-state index contributed by atoms with van der Waals surface area (Å²) in [7, 11) is 0. The molecule has 1 heterocycles. The number of aryl methyl sites for hydroxylation is 4. The van der Waals surface area contributed by atoms with Crippen LogP contribution < -0.4 is 10.4 Å². The van der Waals surface area contributed by atoms with Gasteiger partial charge < -0.3 is 0 Å². The predicted octanol–water partition coefficient (Wildman–Crippen LogP) is 4.75. The van der Waals surface area contributed by atoms with E-state index in [-0.39, 0.29) is 18.1 Å². The molecular formula is C22H26N2O2. The molecular weight excluding hydrogens is 324 g/mol. The van der Waals surface area contributed by atoms with Crippen LogP contribution in [-0.4, -0.2) is 11.7 Å². The fourth-order valence-corrected chi connectivity index (χ4v) is 3.59. The number of benzene rings is 2. The minimum atomic E-state index is -0.407. The highest BCUT2D eigenvalue weighted by Crippen LogP contribution is 2.43. The molecule has 2 aromatic carbocycles. The Morgan fingerprint density at radius 2 is 1.69 bits per heavy atom. The van der Waals surface area contributed by atoms with E-state index in [0.717, 1.165) is 39.2 Å². The van der Waals surface area contributed by atoms with Crippen LogP contribution in [0.1, 0.15) is 53.5 Å². The first kappa shape index (κ1) is 18.2. The number of hydrogen-bond donors (Lipinski definition) is 1. The van der Waals surface area contributed by atoms with Crippen LogP contribution in [0.3, 0.4) is 0 Å². The lowest BCUT2D eigenvalue weighted by Gasteiger charge is -2.23. The number of hydrazine groups is 1. The van der Waals surface area contributed by atoms with Gasteiger partial charge in [-0.3, -0.25) is 15.0 Å². The third-order valence-corrected chi connectivity index (χ3v) is 5.18. The third-order valence-electron chi connectivity index (χ3n) is 5.18. The molecule has 4 heteroatoms. The van der Waals surface area contributed by atoms with Crippen LogP contribution in [0.4, 0.5) is 11.4 Å². The van der Waals surface area contributed by atoms with Crippen LogP contribution in [0, 0.1) is 27.7 Å². The molecule has 1 N–H and O–H groups in total. The van der Waals surface area contributed by atoms with E-state index in [1.54, 1.807) is 5.01 Å².